The van der Waals surface area contributed by atoms with Gasteiger partial charge in [0.25, 0.3) is 0 Å². The van der Waals surface area contributed by atoms with Gasteiger partial charge in [-0.05, 0) is 44.2 Å². The van der Waals surface area contributed by atoms with Gasteiger partial charge in [0.1, 0.15) is 5.75 Å². The zero-order valence-corrected chi connectivity index (χ0v) is 12.7. The lowest BCUT2D eigenvalue weighted by Crippen LogP contribution is -2.43. The Labute approximate surface area is 126 Å². The third kappa shape index (κ3) is 2.32. The molecule has 2 saturated heterocycles. The summed E-state index contributed by atoms with van der Waals surface area (Å²) in [6.07, 6.45) is 5.40. The van der Waals surface area contributed by atoms with E-state index in [-0.39, 0.29) is 0 Å². The molecule has 2 aliphatic heterocycles. The molecule has 2 heteroatoms. The number of rotatable bonds is 3. The lowest BCUT2D eigenvalue weighted by Gasteiger charge is -2.37. The molecule has 21 heavy (non-hydrogen) atoms. The molecule has 2 heterocycles. The number of nitrogens with zero attached hydrogens (tertiary/aromatic N) is 1. The van der Waals surface area contributed by atoms with Gasteiger partial charge in [-0.1, -0.05) is 36.4 Å². The van der Waals surface area contributed by atoms with E-state index in [1.165, 1.54) is 36.5 Å². The molecule has 0 saturated carbocycles. The molecule has 0 spiro atoms. The smallest absolute Gasteiger partial charge is 0.127 e. The first-order valence-corrected chi connectivity index (χ1v) is 8.15. The Morgan fingerprint density at radius 2 is 1.81 bits per heavy atom. The fourth-order valence-electron chi connectivity index (χ4n) is 4.27. The number of piperidine rings is 1. The average molecular weight is 281 g/mol. The first-order valence-electron chi connectivity index (χ1n) is 8.15. The van der Waals surface area contributed by atoms with E-state index in [2.05, 4.69) is 54.4 Å². The summed E-state index contributed by atoms with van der Waals surface area (Å²) in [5.74, 6) is 1.73. The van der Waals surface area contributed by atoms with Crippen LogP contribution >= 0.6 is 0 Å². The monoisotopic (exact) mass is 281 g/mol. The molecule has 0 radical (unpaired) electrons. The number of fused-ring (bicyclic) bond motifs is 3. The molecule has 3 atom stereocenters. The molecule has 2 unspecified atom stereocenters. The van der Waals surface area contributed by atoms with Crippen LogP contribution in [0.2, 0.25) is 0 Å². The van der Waals surface area contributed by atoms with Gasteiger partial charge in [-0.3, -0.25) is 0 Å². The third-order valence-electron chi connectivity index (χ3n) is 5.51. The second-order valence-corrected chi connectivity index (χ2v) is 6.59. The van der Waals surface area contributed by atoms with Crippen molar-refractivity contribution in [3.8, 4) is 5.75 Å². The first-order chi connectivity index (χ1) is 10.3. The Kier molecular flexibility index (Phi) is 3.34. The quantitative estimate of drug-likeness (QED) is 0.840. The zero-order chi connectivity index (χ0) is 14.2. The third-order valence-corrected chi connectivity index (χ3v) is 5.51. The van der Waals surface area contributed by atoms with Gasteiger partial charge in [-0.2, -0.15) is 0 Å². The molecule has 2 fully saturated rings. The average Bonchev–Trinajstić information content (AvgIpc) is 2.76. The van der Waals surface area contributed by atoms with Gasteiger partial charge in [0.15, 0.2) is 0 Å². The fraction of sp³-hybridized carbons (Fsp3) is 0.474. The second kappa shape index (κ2) is 5.34. The Bertz CT molecular complexity index is 633. The minimum Gasteiger partial charge on any atom is -0.493 e. The molecule has 2 aliphatic rings. The van der Waals surface area contributed by atoms with E-state index in [0.717, 1.165) is 24.4 Å². The zero-order valence-electron chi connectivity index (χ0n) is 12.7. The molecular formula is C19H23NO. The first kappa shape index (κ1) is 13.1. The van der Waals surface area contributed by atoms with Crippen LogP contribution in [0.5, 0.6) is 5.75 Å². The SMILES string of the molecule is CN1C2CCC1[C@H](COc1cccc3ccccc13)CC2. The predicted molar refractivity (Wildman–Crippen MR) is 86.7 cm³/mol. The molecule has 0 aromatic heterocycles. The van der Waals surface area contributed by atoms with Crippen molar-refractivity contribution in [3.63, 3.8) is 0 Å². The maximum absolute atomic E-state index is 6.23. The second-order valence-electron chi connectivity index (χ2n) is 6.59. The summed E-state index contributed by atoms with van der Waals surface area (Å²) in [7, 11) is 2.30. The van der Waals surface area contributed by atoms with Crippen molar-refractivity contribution in [2.75, 3.05) is 13.7 Å². The van der Waals surface area contributed by atoms with Crippen LogP contribution in [0.1, 0.15) is 25.7 Å². The largest absolute Gasteiger partial charge is 0.493 e. The molecule has 0 aliphatic carbocycles. The summed E-state index contributed by atoms with van der Waals surface area (Å²) in [5.41, 5.74) is 0. The van der Waals surface area contributed by atoms with Crippen LogP contribution in [0.3, 0.4) is 0 Å². The van der Waals surface area contributed by atoms with E-state index in [1.54, 1.807) is 0 Å². The predicted octanol–water partition coefficient (Wildman–Crippen LogP) is 4.09. The van der Waals surface area contributed by atoms with Crippen LogP contribution in [0.15, 0.2) is 42.5 Å². The summed E-state index contributed by atoms with van der Waals surface area (Å²) in [6.45, 7) is 0.857. The van der Waals surface area contributed by atoms with Crippen molar-refractivity contribution in [1.29, 1.82) is 0 Å². The minimum absolute atomic E-state index is 0.688. The highest BCUT2D eigenvalue weighted by atomic mass is 16.5. The van der Waals surface area contributed by atoms with Crippen LogP contribution in [0.25, 0.3) is 10.8 Å². The molecule has 110 valence electrons. The Morgan fingerprint density at radius 3 is 2.76 bits per heavy atom. The minimum atomic E-state index is 0.688. The van der Waals surface area contributed by atoms with Crippen LogP contribution in [0, 0.1) is 5.92 Å². The van der Waals surface area contributed by atoms with Crippen LogP contribution in [-0.4, -0.2) is 30.6 Å². The van der Waals surface area contributed by atoms with Crippen molar-refractivity contribution < 1.29 is 4.74 Å². The number of hydrogen-bond donors (Lipinski definition) is 0. The summed E-state index contributed by atoms with van der Waals surface area (Å²) in [4.78, 5) is 2.60. The highest BCUT2D eigenvalue weighted by Crippen LogP contribution is 2.38. The summed E-state index contributed by atoms with van der Waals surface area (Å²) in [6, 6.07) is 16.4. The molecule has 2 bridgehead atoms. The summed E-state index contributed by atoms with van der Waals surface area (Å²) < 4.78 is 6.23. The van der Waals surface area contributed by atoms with Gasteiger partial charge in [0.05, 0.1) is 6.61 Å². The molecule has 2 aromatic rings. The Morgan fingerprint density at radius 1 is 1.00 bits per heavy atom. The van der Waals surface area contributed by atoms with Crippen LogP contribution in [-0.2, 0) is 0 Å². The molecule has 4 rings (SSSR count). The standard InChI is InChI=1S/C19H23NO/c1-20-16-10-9-15(18(20)12-11-16)13-21-19-8-4-6-14-5-2-3-7-17(14)19/h2-8,15-16,18H,9-13H2,1H3/t15-,16?,18?/m0/s1. The molecule has 0 amide bonds. The van der Waals surface area contributed by atoms with Crippen LogP contribution in [0.4, 0.5) is 0 Å². The summed E-state index contributed by atoms with van der Waals surface area (Å²) >= 11 is 0. The molecule has 0 N–H and O–H groups in total. The number of hydrogen-bond acceptors (Lipinski definition) is 2. The fourth-order valence-corrected chi connectivity index (χ4v) is 4.27. The van der Waals surface area contributed by atoms with Gasteiger partial charge < -0.3 is 9.64 Å². The lowest BCUT2D eigenvalue weighted by molar-refractivity contribution is 0.0858. The maximum Gasteiger partial charge on any atom is 0.127 e. The Hall–Kier alpha value is -1.54. The molecule has 2 aromatic carbocycles. The topological polar surface area (TPSA) is 12.5 Å². The van der Waals surface area contributed by atoms with Gasteiger partial charge in [-0.25, -0.2) is 0 Å². The molecule has 2 nitrogen and oxygen atoms in total. The maximum atomic E-state index is 6.23. The highest BCUT2D eigenvalue weighted by Gasteiger charge is 2.40. The van der Waals surface area contributed by atoms with E-state index in [4.69, 9.17) is 4.74 Å². The van der Waals surface area contributed by atoms with Gasteiger partial charge >= 0.3 is 0 Å². The lowest BCUT2D eigenvalue weighted by atomic mass is 9.91. The van der Waals surface area contributed by atoms with Crippen molar-refractivity contribution in [2.24, 2.45) is 5.92 Å². The van der Waals surface area contributed by atoms with E-state index in [9.17, 15) is 0 Å². The van der Waals surface area contributed by atoms with Crippen LogP contribution < -0.4 is 4.74 Å². The van der Waals surface area contributed by atoms with E-state index in [0.29, 0.717) is 5.92 Å². The summed E-state index contributed by atoms with van der Waals surface area (Å²) in [5, 5.41) is 2.49. The van der Waals surface area contributed by atoms with Gasteiger partial charge in [0.2, 0.25) is 0 Å². The van der Waals surface area contributed by atoms with E-state index < -0.39 is 0 Å². The van der Waals surface area contributed by atoms with Crippen molar-refractivity contribution in [3.05, 3.63) is 42.5 Å². The van der Waals surface area contributed by atoms with Gasteiger partial charge in [-0.15, -0.1) is 0 Å². The Balaban J connectivity index is 1.51. The number of benzene rings is 2. The van der Waals surface area contributed by atoms with E-state index >= 15 is 0 Å². The normalized spacial score (nSPS) is 28.9. The van der Waals surface area contributed by atoms with E-state index in [1.807, 2.05) is 0 Å². The van der Waals surface area contributed by atoms with Crippen molar-refractivity contribution in [2.45, 2.75) is 37.8 Å². The number of ether oxygens (including phenoxy) is 1. The molecular weight excluding hydrogens is 258 g/mol. The van der Waals surface area contributed by atoms with Crippen molar-refractivity contribution in [1.82, 2.24) is 4.90 Å². The highest BCUT2D eigenvalue weighted by molar-refractivity contribution is 5.88. The van der Waals surface area contributed by atoms with Gasteiger partial charge in [0, 0.05) is 23.4 Å². The van der Waals surface area contributed by atoms with Crippen molar-refractivity contribution >= 4 is 10.8 Å².